The average molecular weight is 221 g/mol. The van der Waals surface area contributed by atoms with Gasteiger partial charge >= 0.3 is 0 Å². The second-order valence-corrected chi connectivity index (χ2v) is 4.62. The van der Waals surface area contributed by atoms with Crippen LogP contribution in [0.4, 0.5) is 0 Å². The number of carbonyl (C=O) groups excluding carboxylic acids is 1. The molecule has 0 spiro atoms. The van der Waals surface area contributed by atoms with Crippen LogP contribution in [0.1, 0.15) is 43.5 Å². The van der Waals surface area contributed by atoms with Gasteiger partial charge in [-0.05, 0) is 25.8 Å². The summed E-state index contributed by atoms with van der Waals surface area (Å²) in [5, 5.41) is 9.99. The van der Waals surface area contributed by atoms with Gasteiger partial charge in [0, 0.05) is 11.7 Å². The molecule has 0 bridgehead atoms. The molecule has 1 amide bonds. The molecular formula is C12H19N3O. The smallest absolute Gasteiger partial charge is 0.226 e. The Bertz CT molecular complexity index is 353. The highest BCUT2D eigenvalue weighted by Crippen LogP contribution is 2.17. The molecule has 4 heteroatoms. The maximum Gasteiger partial charge on any atom is 0.226 e. The summed E-state index contributed by atoms with van der Waals surface area (Å²) < 4.78 is 0. The van der Waals surface area contributed by atoms with Crippen LogP contribution in [0.15, 0.2) is 6.07 Å². The van der Waals surface area contributed by atoms with E-state index < -0.39 is 0 Å². The molecule has 88 valence electrons. The minimum atomic E-state index is 0.0957. The van der Waals surface area contributed by atoms with Gasteiger partial charge in [0.2, 0.25) is 5.91 Å². The summed E-state index contributed by atoms with van der Waals surface area (Å²) in [6, 6.07) is 2.31. The summed E-state index contributed by atoms with van der Waals surface area (Å²) in [4.78, 5) is 11.7. The Morgan fingerprint density at radius 1 is 1.50 bits per heavy atom. The molecule has 1 fully saturated rings. The van der Waals surface area contributed by atoms with Gasteiger partial charge in [-0.3, -0.25) is 9.89 Å². The van der Waals surface area contributed by atoms with Crippen molar-refractivity contribution in [1.29, 1.82) is 0 Å². The van der Waals surface area contributed by atoms with E-state index in [0.29, 0.717) is 12.5 Å². The van der Waals surface area contributed by atoms with Crippen LogP contribution in [0.2, 0.25) is 0 Å². The Kier molecular flexibility index (Phi) is 3.59. The lowest BCUT2D eigenvalue weighted by atomic mass is 9.95. The van der Waals surface area contributed by atoms with Crippen LogP contribution in [0.25, 0.3) is 0 Å². The molecule has 1 heterocycles. The predicted octanol–water partition coefficient (Wildman–Crippen LogP) is 1.71. The van der Waals surface area contributed by atoms with E-state index >= 15 is 0 Å². The molecule has 1 aliphatic rings. The third-order valence-corrected chi connectivity index (χ3v) is 3.07. The zero-order chi connectivity index (χ0) is 11.4. The van der Waals surface area contributed by atoms with Crippen molar-refractivity contribution in [1.82, 2.24) is 15.5 Å². The third kappa shape index (κ3) is 3.08. The van der Waals surface area contributed by atoms with Crippen molar-refractivity contribution < 1.29 is 4.79 Å². The molecule has 1 aromatic heterocycles. The standard InChI is InChI=1S/C12H19N3O/c1-9-7-11(15-14-9)8-12(16)13-10-5-3-2-4-6-10/h7,10H,2-6,8H2,1H3,(H,13,16)(H,14,15). The normalized spacial score (nSPS) is 17.3. The maximum atomic E-state index is 11.7. The summed E-state index contributed by atoms with van der Waals surface area (Å²) in [5.41, 5.74) is 1.83. The maximum absolute atomic E-state index is 11.7. The summed E-state index contributed by atoms with van der Waals surface area (Å²) in [6.45, 7) is 1.94. The summed E-state index contributed by atoms with van der Waals surface area (Å²) in [6.07, 6.45) is 6.45. The highest BCUT2D eigenvalue weighted by molar-refractivity contribution is 5.78. The molecule has 1 aliphatic carbocycles. The number of nitrogens with one attached hydrogen (secondary N) is 2. The quantitative estimate of drug-likeness (QED) is 0.816. The van der Waals surface area contributed by atoms with Crippen molar-refractivity contribution in [3.63, 3.8) is 0 Å². The fourth-order valence-corrected chi connectivity index (χ4v) is 2.26. The number of amides is 1. The van der Waals surface area contributed by atoms with E-state index in [1.165, 1.54) is 19.3 Å². The number of carbonyl (C=O) groups is 1. The summed E-state index contributed by atoms with van der Waals surface area (Å²) in [5.74, 6) is 0.0957. The van der Waals surface area contributed by atoms with Crippen molar-refractivity contribution in [3.8, 4) is 0 Å². The van der Waals surface area contributed by atoms with E-state index in [4.69, 9.17) is 0 Å². The monoisotopic (exact) mass is 221 g/mol. The average Bonchev–Trinajstić information content (AvgIpc) is 2.65. The molecular weight excluding hydrogens is 202 g/mol. The predicted molar refractivity (Wildman–Crippen MR) is 62.0 cm³/mol. The van der Waals surface area contributed by atoms with Crippen LogP contribution < -0.4 is 5.32 Å². The number of aromatic amines is 1. The largest absolute Gasteiger partial charge is 0.353 e. The zero-order valence-electron chi connectivity index (χ0n) is 9.75. The molecule has 0 radical (unpaired) electrons. The first kappa shape index (κ1) is 11.2. The lowest BCUT2D eigenvalue weighted by Crippen LogP contribution is -2.37. The van der Waals surface area contributed by atoms with Gasteiger partial charge in [-0.2, -0.15) is 5.10 Å². The SMILES string of the molecule is Cc1cc(CC(=O)NC2CCCCC2)n[nH]1. The van der Waals surface area contributed by atoms with Crippen molar-refractivity contribution >= 4 is 5.91 Å². The topological polar surface area (TPSA) is 57.8 Å². The number of rotatable bonds is 3. The van der Waals surface area contributed by atoms with Gasteiger partial charge in [-0.1, -0.05) is 19.3 Å². The molecule has 0 unspecified atom stereocenters. The zero-order valence-corrected chi connectivity index (χ0v) is 9.75. The van der Waals surface area contributed by atoms with Gasteiger partial charge in [0.15, 0.2) is 0 Å². The number of nitrogens with zero attached hydrogens (tertiary/aromatic N) is 1. The Balaban J connectivity index is 1.79. The minimum Gasteiger partial charge on any atom is -0.353 e. The minimum absolute atomic E-state index is 0.0957. The van der Waals surface area contributed by atoms with E-state index in [9.17, 15) is 4.79 Å². The lowest BCUT2D eigenvalue weighted by Gasteiger charge is -2.22. The number of hydrogen-bond donors (Lipinski definition) is 2. The highest BCUT2D eigenvalue weighted by Gasteiger charge is 2.16. The molecule has 2 N–H and O–H groups in total. The van der Waals surface area contributed by atoms with Gasteiger partial charge in [-0.25, -0.2) is 0 Å². The Hall–Kier alpha value is -1.32. The first-order chi connectivity index (χ1) is 7.74. The van der Waals surface area contributed by atoms with E-state index in [1.807, 2.05) is 13.0 Å². The van der Waals surface area contributed by atoms with E-state index in [0.717, 1.165) is 24.2 Å². The molecule has 0 atom stereocenters. The fourth-order valence-electron chi connectivity index (χ4n) is 2.26. The molecule has 1 saturated carbocycles. The molecule has 0 aromatic carbocycles. The molecule has 16 heavy (non-hydrogen) atoms. The van der Waals surface area contributed by atoms with Crippen LogP contribution in [0.3, 0.4) is 0 Å². The van der Waals surface area contributed by atoms with Crippen molar-refractivity contribution in [2.75, 3.05) is 0 Å². The number of aryl methyl sites for hydroxylation is 1. The number of hydrogen-bond acceptors (Lipinski definition) is 2. The summed E-state index contributed by atoms with van der Waals surface area (Å²) >= 11 is 0. The number of H-pyrrole nitrogens is 1. The van der Waals surface area contributed by atoms with Crippen LogP contribution in [-0.2, 0) is 11.2 Å². The Morgan fingerprint density at radius 3 is 2.88 bits per heavy atom. The van der Waals surface area contributed by atoms with Gasteiger partial charge in [0.05, 0.1) is 12.1 Å². The molecule has 2 rings (SSSR count). The Morgan fingerprint density at radius 2 is 2.25 bits per heavy atom. The first-order valence-corrected chi connectivity index (χ1v) is 6.04. The van der Waals surface area contributed by atoms with Gasteiger partial charge in [0.1, 0.15) is 0 Å². The van der Waals surface area contributed by atoms with Crippen LogP contribution >= 0.6 is 0 Å². The van der Waals surface area contributed by atoms with Crippen molar-refractivity contribution in [2.45, 2.75) is 51.5 Å². The fraction of sp³-hybridized carbons (Fsp3) is 0.667. The second kappa shape index (κ2) is 5.14. The van der Waals surface area contributed by atoms with E-state index in [1.54, 1.807) is 0 Å². The van der Waals surface area contributed by atoms with Crippen molar-refractivity contribution in [3.05, 3.63) is 17.5 Å². The van der Waals surface area contributed by atoms with Gasteiger partial charge in [-0.15, -0.1) is 0 Å². The molecule has 1 aromatic rings. The van der Waals surface area contributed by atoms with E-state index in [-0.39, 0.29) is 5.91 Å². The summed E-state index contributed by atoms with van der Waals surface area (Å²) in [7, 11) is 0. The molecule has 0 saturated heterocycles. The highest BCUT2D eigenvalue weighted by atomic mass is 16.1. The Labute approximate surface area is 95.8 Å². The van der Waals surface area contributed by atoms with Crippen LogP contribution in [0.5, 0.6) is 0 Å². The van der Waals surface area contributed by atoms with E-state index in [2.05, 4.69) is 15.5 Å². The van der Waals surface area contributed by atoms with Gasteiger partial charge < -0.3 is 5.32 Å². The molecule has 0 aliphatic heterocycles. The lowest BCUT2D eigenvalue weighted by molar-refractivity contribution is -0.121. The van der Waals surface area contributed by atoms with Crippen LogP contribution in [-0.4, -0.2) is 22.1 Å². The third-order valence-electron chi connectivity index (χ3n) is 3.07. The first-order valence-electron chi connectivity index (χ1n) is 6.04. The molecule has 4 nitrogen and oxygen atoms in total. The van der Waals surface area contributed by atoms with Gasteiger partial charge in [0.25, 0.3) is 0 Å². The van der Waals surface area contributed by atoms with Crippen molar-refractivity contribution in [2.24, 2.45) is 0 Å². The number of aromatic nitrogens is 2. The second-order valence-electron chi connectivity index (χ2n) is 4.62. The van der Waals surface area contributed by atoms with Crippen LogP contribution in [0, 0.1) is 6.92 Å².